The lowest BCUT2D eigenvalue weighted by Crippen LogP contribution is -2.60. The molecule has 0 unspecified atom stereocenters. The van der Waals surface area contributed by atoms with Gasteiger partial charge in [-0.1, -0.05) is 6.92 Å². The Kier molecular flexibility index (Phi) is 4.91. The molecule has 0 aromatic rings. The number of hydrogen-bond donors (Lipinski definition) is 1. The van der Waals surface area contributed by atoms with Crippen LogP contribution in [-0.2, 0) is 9.53 Å². The van der Waals surface area contributed by atoms with E-state index in [4.69, 9.17) is 5.11 Å². The van der Waals surface area contributed by atoms with E-state index in [9.17, 15) is 31.1 Å². The summed E-state index contributed by atoms with van der Waals surface area (Å²) in [5.74, 6) is -1.25. The number of hydrogen-bond acceptors (Lipinski definition) is 3. The number of alkyl halides is 6. The number of esters is 1. The number of carbonyl (C=O) groups is 1. The van der Waals surface area contributed by atoms with Crippen molar-refractivity contribution >= 4 is 5.97 Å². The number of ether oxygens (including phenoxy) is 1. The van der Waals surface area contributed by atoms with Crippen molar-refractivity contribution in [2.75, 3.05) is 6.61 Å². The van der Waals surface area contributed by atoms with Crippen molar-refractivity contribution in [1.29, 1.82) is 0 Å². The van der Waals surface area contributed by atoms with E-state index in [1.807, 2.05) is 0 Å². The Bertz CT molecular complexity index is 317. The molecule has 9 heteroatoms. The predicted octanol–water partition coefficient (Wildman–Crippen LogP) is 2.82. The fourth-order valence-electron chi connectivity index (χ4n) is 0.834. The van der Waals surface area contributed by atoms with Gasteiger partial charge < -0.3 is 9.84 Å². The summed E-state index contributed by atoms with van der Waals surface area (Å²) in [6, 6.07) is 0. The van der Waals surface area contributed by atoms with Gasteiger partial charge in [-0.25, -0.2) is 0 Å². The molecule has 1 N–H and O–H groups in total. The third-order valence-electron chi connectivity index (χ3n) is 2.79. The van der Waals surface area contributed by atoms with Gasteiger partial charge in [-0.15, -0.1) is 0 Å². The maximum Gasteiger partial charge on any atom is 0.429 e. The van der Waals surface area contributed by atoms with Crippen LogP contribution in [-0.4, -0.2) is 35.6 Å². The first kappa shape index (κ1) is 18.0. The van der Waals surface area contributed by atoms with Crippen LogP contribution in [0.1, 0.15) is 27.2 Å². The second-order valence-electron chi connectivity index (χ2n) is 4.67. The molecule has 0 aromatic carbocycles. The van der Waals surface area contributed by atoms with Crippen LogP contribution in [0.15, 0.2) is 0 Å². The largest absolute Gasteiger partial charge is 0.461 e. The molecule has 3 nitrogen and oxygen atoms in total. The van der Waals surface area contributed by atoms with Gasteiger partial charge in [0.2, 0.25) is 0 Å². The lowest BCUT2D eigenvalue weighted by molar-refractivity contribution is -0.375. The van der Waals surface area contributed by atoms with Crippen LogP contribution in [0.5, 0.6) is 0 Å². The molecular weight excluding hydrogens is 282 g/mol. The van der Waals surface area contributed by atoms with Crippen molar-refractivity contribution in [3.05, 3.63) is 0 Å². The Labute approximate surface area is 105 Å². The van der Waals surface area contributed by atoms with Gasteiger partial charge in [0, 0.05) is 0 Å². The summed E-state index contributed by atoms with van der Waals surface area (Å²) < 4.78 is 77.6. The Morgan fingerprint density at radius 3 is 1.68 bits per heavy atom. The molecule has 0 atom stereocenters. The second kappa shape index (κ2) is 5.18. The average Bonchev–Trinajstić information content (AvgIpc) is 2.21. The highest BCUT2D eigenvalue weighted by molar-refractivity contribution is 5.75. The zero-order valence-electron chi connectivity index (χ0n) is 10.4. The van der Waals surface area contributed by atoms with E-state index in [0.29, 0.717) is 0 Å². The fourth-order valence-corrected chi connectivity index (χ4v) is 0.834. The molecule has 114 valence electrons. The van der Waals surface area contributed by atoms with Gasteiger partial charge in [-0.3, -0.25) is 4.79 Å². The van der Waals surface area contributed by atoms with Crippen LogP contribution in [0, 0.1) is 5.41 Å². The number of rotatable bonds is 4. The topological polar surface area (TPSA) is 46.5 Å². The van der Waals surface area contributed by atoms with E-state index in [-0.39, 0.29) is 6.42 Å². The van der Waals surface area contributed by atoms with Crippen LogP contribution in [0.2, 0.25) is 0 Å². The molecule has 0 radical (unpaired) electrons. The minimum atomic E-state index is -6.00. The van der Waals surface area contributed by atoms with Gasteiger partial charge in [0.1, 0.15) is 6.61 Å². The van der Waals surface area contributed by atoms with Crippen molar-refractivity contribution < 1.29 is 41.0 Å². The molecule has 0 spiro atoms. The quantitative estimate of drug-likeness (QED) is 0.641. The predicted molar refractivity (Wildman–Crippen MR) is 52.1 cm³/mol. The highest BCUT2D eigenvalue weighted by Crippen LogP contribution is 2.43. The van der Waals surface area contributed by atoms with Crippen molar-refractivity contribution in [3.63, 3.8) is 0 Å². The second-order valence-corrected chi connectivity index (χ2v) is 4.67. The first-order valence-electron chi connectivity index (χ1n) is 5.22. The summed E-state index contributed by atoms with van der Waals surface area (Å²) in [7, 11) is 0. The molecule has 0 aromatic heterocycles. The molecule has 0 amide bonds. The van der Waals surface area contributed by atoms with Gasteiger partial charge >= 0.3 is 18.3 Å². The molecule has 0 aliphatic carbocycles. The molecule has 0 fully saturated rings. The zero-order chi connectivity index (χ0) is 15.7. The molecule has 0 rings (SSSR count). The third kappa shape index (κ3) is 3.74. The third-order valence-corrected chi connectivity index (χ3v) is 2.79. The summed E-state index contributed by atoms with van der Waals surface area (Å²) in [5.41, 5.74) is -6.31. The van der Waals surface area contributed by atoms with Crippen molar-refractivity contribution in [2.24, 2.45) is 5.41 Å². The maximum absolute atomic E-state index is 12.3. The summed E-state index contributed by atoms with van der Waals surface area (Å²) in [4.78, 5) is 11.3. The van der Waals surface area contributed by atoms with Crippen molar-refractivity contribution in [3.8, 4) is 0 Å². The standard InChI is InChI=1S/C10H14F6O3/c1-4-7(2,3)6(17)19-5-8(18,9(11,12)13)10(14,15)16/h18H,4-5H2,1-3H3. The molecule has 0 saturated carbocycles. The van der Waals surface area contributed by atoms with Crippen molar-refractivity contribution in [1.82, 2.24) is 0 Å². The molecule has 0 aliphatic rings. The molecule has 19 heavy (non-hydrogen) atoms. The molecule has 0 aliphatic heterocycles. The van der Waals surface area contributed by atoms with E-state index in [0.717, 1.165) is 0 Å². The average molecular weight is 296 g/mol. The van der Waals surface area contributed by atoms with Crippen LogP contribution in [0.4, 0.5) is 26.3 Å². The number of aliphatic hydroxyl groups is 1. The fraction of sp³-hybridized carbons (Fsp3) is 0.900. The van der Waals surface area contributed by atoms with E-state index in [2.05, 4.69) is 4.74 Å². The molecule has 0 heterocycles. The van der Waals surface area contributed by atoms with Crippen LogP contribution >= 0.6 is 0 Å². The van der Waals surface area contributed by atoms with Crippen LogP contribution < -0.4 is 0 Å². The van der Waals surface area contributed by atoms with Gasteiger partial charge in [-0.05, 0) is 20.3 Å². The smallest absolute Gasteiger partial charge is 0.429 e. The number of halogens is 6. The van der Waals surface area contributed by atoms with Gasteiger partial charge in [0.05, 0.1) is 5.41 Å². The molecule has 0 saturated heterocycles. The lowest BCUT2D eigenvalue weighted by Gasteiger charge is -2.32. The monoisotopic (exact) mass is 296 g/mol. The van der Waals surface area contributed by atoms with E-state index in [1.165, 1.54) is 20.8 Å². The maximum atomic E-state index is 12.3. The summed E-state index contributed by atoms with van der Waals surface area (Å²) in [6.45, 7) is 1.90. The Hall–Kier alpha value is -0.990. The SMILES string of the molecule is CCC(C)(C)C(=O)OCC(O)(C(F)(F)F)C(F)(F)F. The number of carbonyl (C=O) groups excluding carboxylic acids is 1. The normalized spacial score (nSPS) is 14.4. The van der Waals surface area contributed by atoms with Gasteiger partial charge in [0.15, 0.2) is 0 Å². The first-order chi connectivity index (χ1) is 8.19. The molecule has 0 bridgehead atoms. The van der Waals surface area contributed by atoms with E-state index >= 15 is 0 Å². The minimum Gasteiger partial charge on any atom is -0.461 e. The highest BCUT2D eigenvalue weighted by atomic mass is 19.4. The molecular formula is C10H14F6O3. The Balaban J connectivity index is 5.07. The Morgan fingerprint density at radius 1 is 1.05 bits per heavy atom. The van der Waals surface area contributed by atoms with Crippen LogP contribution in [0.25, 0.3) is 0 Å². The van der Waals surface area contributed by atoms with E-state index < -0.39 is 35.9 Å². The lowest BCUT2D eigenvalue weighted by atomic mass is 9.90. The highest BCUT2D eigenvalue weighted by Gasteiger charge is 2.71. The Morgan fingerprint density at radius 2 is 1.42 bits per heavy atom. The van der Waals surface area contributed by atoms with Crippen LogP contribution in [0.3, 0.4) is 0 Å². The summed E-state index contributed by atoms with van der Waals surface area (Å²) >= 11 is 0. The van der Waals surface area contributed by atoms with Crippen molar-refractivity contribution in [2.45, 2.75) is 45.1 Å². The van der Waals surface area contributed by atoms with E-state index in [1.54, 1.807) is 0 Å². The van der Waals surface area contributed by atoms with Gasteiger partial charge in [-0.2, -0.15) is 26.3 Å². The summed E-state index contributed by atoms with van der Waals surface area (Å²) in [5, 5.41) is 8.74. The minimum absolute atomic E-state index is 0.155. The first-order valence-corrected chi connectivity index (χ1v) is 5.22. The summed E-state index contributed by atoms with van der Waals surface area (Å²) in [6.07, 6.45) is -11.8. The van der Waals surface area contributed by atoms with Gasteiger partial charge in [0.25, 0.3) is 5.60 Å². The zero-order valence-corrected chi connectivity index (χ0v) is 10.4.